The number of rotatable bonds is 5. The number of aliphatic hydroxyl groups excluding tert-OH is 1. The molecule has 0 aliphatic heterocycles. The van der Waals surface area contributed by atoms with Gasteiger partial charge in [-0.1, -0.05) is 108 Å². The lowest BCUT2D eigenvalue weighted by Crippen LogP contribution is -2.10. The molecule has 4 aromatic carbocycles. The lowest BCUT2D eigenvalue weighted by atomic mass is 9.91. The Bertz CT molecular complexity index is 1330. The highest BCUT2D eigenvalue weighted by molar-refractivity contribution is 5.95. The second-order valence-corrected chi connectivity index (χ2v) is 7.30. The standard InChI is InChI=1S/C27H21N3O/c31-27(22-16-8-3-9-17-22)25(20-12-4-1-5-13-20)26(21-14-6-2-7-15-21)30-24-19-11-10-18-23(24)28-29-30/h1-19,27,31H/b26-25+. The molecule has 31 heavy (non-hydrogen) atoms. The maximum atomic E-state index is 11.6. The highest BCUT2D eigenvalue weighted by Gasteiger charge is 2.24. The minimum absolute atomic E-state index is 0.772. The van der Waals surface area contributed by atoms with Gasteiger partial charge in [-0.3, -0.25) is 0 Å². The molecule has 1 heterocycles. The summed E-state index contributed by atoms with van der Waals surface area (Å²) in [6.45, 7) is 0. The van der Waals surface area contributed by atoms with E-state index >= 15 is 0 Å². The van der Waals surface area contributed by atoms with Crippen LogP contribution in [-0.2, 0) is 0 Å². The summed E-state index contributed by atoms with van der Waals surface area (Å²) >= 11 is 0. The third-order valence-electron chi connectivity index (χ3n) is 5.34. The first kappa shape index (κ1) is 19.0. The Balaban J connectivity index is 1.87. The minimum atomic E-state index is -0.846. The molecule has 1 N–H and O–H groups in total. The topological polar surface area (TPSA) is 50.9 Å². The van der Waals surface area contributed by atoms with Crippen molar-refractivity contribution in [1.82, 2.24) is 15.0 Å². The molecule has 0 fully saturated rings. The summed E-state index contributed by atoms with van der Waals surface area (Å²) in [7, 11) is 0. The SMILES string of the molecule is OC(/C(=C(\c1ccccc1)n1nnc2ccccc21)c1ccccc1)c1ccccc1. The molecule has 0 radical (unpaired) electrons. The van der Waals surface area contributed by atoms with Gasteiger partial charge >= 0.3 is 0 Å². The zero-order valence-corrected chi connectivity index (χ0v) is 16.8. The monoisotopic (exact) mass is 403 g/mol. The summed E-state index contributed by atoms with van der Waals surface area (Å²) in [4.78, 5) is 0. The predicted molar refractivity (Wildman–Crippen MR) is 124 cm³/mol. The highest BCUT2D eigenvalue weighted by atomic mass is 16.3. The summed E-state index contributed by atoms with van der Waals surface area (Å²) in [5.74, 6) is 0. The number of aliphatic hydroxyl groups is 1. The van der Waals surface area contributed by atoms with Crippen molar-refractivity contribution in [3.05, 3.63) is 132 Å². The van der Waals surface area contributed by atoms with Gasteiger partial charge in [-0.15, -0.1) is 5.10 Å². The third kappa shape index (κ3) is 3.65. The molecule has 0 amide bonds. The van der Waals surface area contributed by atoms with Gasteiger partial charge in [0.25, 0.3) is 0 Å². The van der Waals surface area contributed by atoms with Crippen LogP contribution in [-0.4, -0.2) is 20.1 Å². The van der Waals surface area contributed by atoms with Crippen molar-refractivity contribution in [1.29, 1.82) is 0 Å². The number of para-hydroxylation sites is 1. The van der Waals surface area contributed by atoms with Crippen LogP contribution >= 0.6 is 0 Å². The van der Waals surface area contributed by atoms with Crippen molar-refractivity contribution in [3.63, 3.8) is 0 Å². The Labute approximate surface area is 180 Å². The number of nitrogens with zero attached hydrogens (tertiary/aromatic N) is 3. The quantitative estimate of drug-likeness (QED) is 0.390. The Kier molecular flexibility index (Phi) is 5.13. The summed E-state index contributed by atoms with van der Waals surface area (Å²) in [5.41, 5.74) is 5.96. The van der Waals surface area contributed by atoms with Crippen LogP contribution in [0.4, 0.5) is 0 Å². The van der Waals surface area contributed by atoms with E-state index in [9.17, 15) is 5.11 Å². The van der Waals surface area contributed by atoms with Crippen LogP contribution in [0.2, 0.25) is 0 Å². The lowest BCUT2D eigenvalue weighted by molar-refractivity contribution is 0.238. The molecule has 4 nitrogen and oxygen atoms in total. The first-order valence-corrected chi connectivity index (χ1v) is 10.2. The Morgan fingerprint density at radius 2 is 1.19 bits per heavy atom. The van der Waals surface area contributed by atoms with Crippen molar-refractivity contribution in [2.24, 2.45) is 0 Å². The summed E-state index contributed by atoms with van der Waals surface area (Å²) in [6, 6.07) is 37.6. The van der Waals surface area contributed by atoms with E-state index in [0.717, 1.165) is 39.0 Å². The van der Waals surface area contributed by atoms with Crippen molar-refractivity contribution < 1.29 is 5.11 Å². The number of hydrogen-bond donors (Lipinski definition) is 1. The van der Waals surface area contributed by atoms with Gasteiger partial charge < -0.3 is 5.11 Å². The van der Waals surface area contributed by atoms with Gasteiger partial charge in [-0.25, -0.2) is 4.68 Å². The molecule has 0 spiro atoms. The van der Waals surface area contributed by atoms with Crippen LogP contribution < -0.4 is 0 Å². The fraction of sp³-hybridized carbons (Fsp3) is 0.0370. The Morgan fingerprint density at radius 1 is 0.645 bits per heavy atom. The fourth-order valence-electron chi connectivity index (χ4n) is 3.87. The van der Waals surface area contributed by atoms with Crippen LogP contribution in [0.1, 0.15) is 22.8 Å². The van der Waals surface area contributed by atoms with E-state index in [2.05, 4.69) is 10.3 Å². The largest absolute Gasteiger partial charge is 0.384 e. The maximum Gasteiger partial charge on any atom is 0.113 e. The van der Waals surface area contributed by atoms with E-state index in [4.69, 9.17) is 0 Å². The number of hydrogen-bond acceptors (Lipinski definition) is 3. The van der Waals surface area contributed by atoms with Crippen molar-refractivity contribution in [2.45, 2.75) is 6.10 Å². The highest BCUT2D eigenvalue weighted by Crippen LogP contribution is 2.38. The van der Waals surface area contributed by atoms with E-state index in [1.807, 2.05) is 120 Å². The number of aromatic nitrogens is 3. The smallest absolute Gasteiger partial charge is 0.113 e. The average molecular weight is 403 g/mol. The molecule has 150 valence electrons. The van der Waals surface area contributed by atoms with Gasteiger partial charge in [0.2, 0.25) is 0 Å². The van der Waals surface area contributed by atoms with Gasteiger partial charge in [0.15, 0.2) is 0 Å². The predicted octanol–water partition coefficient (Wildman–Crippen LogP) is 5.58. The molecule has 1 aromatic heterocycles. The summed E-state index contributed by atoms with van der Waals surface area (Å²) in [6.07, 6.45) is -0.846. The first-order valence-electron chi connectivity index (χ1n) is 10.2. The van der Waals surface area contributed by atoms with E-state index in [0.29, 0.717) is 0 Å². The van der Waals surface area contributed by atoms with Gasteiger partial charge in [0.1, 0.15) is 11.6 Å². The Hall–Kier alpha value is -4.02. The molecule has 1 unspecified atom stereocenters. The van der Waals surface area contributed by atoms with Crippen molar-refractivity contribution in [2.75, 3.05) is 0 Å². The third-order valence-corrected chi connectivity index (χ3v) is 5.34. The number of benzene rings is 4. The summed E-state index contributed by atoms with van der Waals surface area (Å²) in [5, 5.41) is 20.5. The van der Waals surface area contributed by atoms with Gasteiger partial charge in [0, 0.05) is 11.1 Å². The van der Waals surface area contributed by atoms with Crippen LogP contribution in [0.5, 0.6) is 0 Å². The van der Waals surface area contributed by atoms with E-state index in [1.54, 1.807) is 0 Å². The van der Waals surface area contributed by atoms with Crippen molar-refractivity contribution in [3.8, 4) is 0 Å². The average Bonchev–Trinajstić information content (AvgIpc) is 3.27. The van der Waals surface area contributed by atoms with Crippen LogP contribution in [0, 0.1) is 0 Å². The minimum Gasteiger partial charge on any atom is -0.384 e. The molecule has 5 aromatic rings. The van der Waals surface area contributed by atoms with E-state index in [1.165, 1.54) is 0 Å². The van der Waals surface area contributed by atoms with E-state index < -0.39 is 6.10 Å². The number of fused-ring (bicyclic) bond motifs is 1. The molecule has 5 rings (SSSR count). The molecule has 0 bridgehead atoms. The van der Waals surface area contributed by atoms with Crippen LogP contribution in [0.25, 0.3) is 22.3 Å². The molecule has 0 aliphatic carbocycles. The second kappa shape index (κ2) is 8.38. The van der Waals surface area contributed by atoms with Crippen LogP contribution in [0.15, 0.2) is 115 Å². The molecular formula is C27H21N3O. The molecule has 4 heteroatoms. The van der Waals surface area contributed by atoms with Gasteiger partial charge in [-0.05, 0) is 23.3 Å². The Morgan fingerprint density at radius 3 is 1.87 bits per heavy atom. The second-order valence-electron chi connectivity index (χ2n) is 7.30. The molecular weight excluding hydrogens is 382 g/mol. The molecule has 0 aliphatic rings. The fourth-order valence-corrected chi connectivity index (χ4v) is 3.87. The van der Waals surface area contributed by atoms with Gasteiger partial charge in [-0.2, -0.15) is 0 Å². The van der Waals surface area contributed by atoms with E-state index in [-0.39, 0.29) is 0 Å². The zero-order valence-electron chi connectivity index (χ0n) is 16.8. The molecule has 0 saturated heterocycles. The molecule has 1 atom stereocenters. The summed E-state index contributed by atoms with van der Waals surface area (Å²) < 4.78 is 1.83. The van der Waals surface area contributed by atoms with Crippen LogP contribution in [0.3, 0.4) is 0 Å². The maximum absolute atomic E-state index is 11.6. The van der Waals surface area contributed by atoms with Crippen molar-refractivity contribution >= 4 is 22.3 Å². The normalized spacial score (nSPS) is 13.1. The lowest BCUT2D eigenvalue weighted by Gasteiger charge is -2.22. The first-order chi connectivity index (χ1) is 15.3. The van der Waals surface area contributed by atoms with Gasteiger partial charge in [0.05, 0.1) is 11.2 Å². The molecule has 0 saturated carbocycles. The zero-order chi connectivity index (χ0) is 21.0.